The highest BCUT2D eigenvalue weighted by Crippen LogP contribution is 2.26. The van der Waals surface area contributed by atoms with Gasteiger partial charge in [0.2, 0.25) is 5.91 Å². The number of nitrogens with zero attached hydrogens (tertiary/aromatic N) is 1. The first kappa shape index (κ1) is 15.5. The maximum absolute atomic E-state index is 12.4. The smallest absolute Gasteiger partial charge is 0.223 e. The van der Waals surface area contributed by atoms with Crippen LogP contribution < -0.4 is 5.73 Å². The molecule has 3 nitrogen and oxygen atoms in total. The Labute approximate surface area is 112 Å². The average molecular weight is 254 g/mol. The lowest BCUT2D eigenvalue weighted by atomic mass is 9.84. The van der Waals surface area contributed by atoms with Gasteiger partial charge in [0.1, 0.15) is 0 Å². The lowest BCUT2D eigenvalue weighted by molar-refractivity contribution is -0.134. The summed E-state index contributed by atoms with van der Waals surface area (Å²) in [6.07, 6.45) is 5.15. The van der Waals surface area contributed by atoms with E-state index in [2.05, 4.69) is 27.7 Å². The first-order valence-corrected chi connectivity index (χ1v) is 7.45. The summed E-state index contributed by atoms with van der Waals surface area (Å²) in [4.78, 5) is 14.4. The Morgan fingerprint density at radius 3 is 2.17 bits per heavy atom. The van der Waals surface area contributed by atoms with Crippen LogP contribution in [-0.2, 0) is 4.79 Å². The normalized spacial score (nSPS) is 24.6. The van der Waals surface area contributed by atoms with E-state index in [1.54, 1.807) is 0 Å². The molecule has 1 saturated carbocycles. The van der Waals surface area contributed by atoms with E-state index in [1.807, 2.05) is 4.90 Å². The molecule has 0 aromatic carbocycles. The molecule has 0 aliphatic heterocycles. The van der Waals surface area contributed by atoms with Crippen LogP contribution in [0.5, 0.6) is 0 Å². The Kier molecular flexibility index (Phi) is 6.13. The highest BCUT2D eigenvalue weighted by molar-refractivity contribution is 5.76. The lowest BCUT2D eigenvalue weighted by Gasteiger charge is -2.32. The van der Waals surface area contributed by atoms with Gasteiger partial charge in [0.05, 0.1) is 0 Å². The van der Waals surface area contributed by atoms with Gasteiger partial charge in [-0.15, -0.1) is 0 Å². The fourth-order valence-corrected chi connectivity index (χ4v) is 2.75. The number of amides is 1. The van der Waals surface area contributed by atoms with Crippen LogP contribution in [0.2, 0.25) is 0 Å². The average Bonchev–Trinajstić information content (AvgIpc) is 2.28. The van der Waals surface area contributed by atoms with Crippen molar-refractivity contribution in [3.8, 4) is 0 Å². The third-order valence-corrected chi connectivity index (χ3v) is 3.86. The summed E-state index contributed by atoms with van der Waals surface area (Å²) in [5.74, 6) is 1.43. The summed E-state index contributed by atoms with van der Waals surface area (Å²) in [6, 6.07) is 0.680. The zero-order valence-corrected chi connectivity index (χ0v) is 12.5. The van der Waals surface area contributed by atoms with E-state index in [4.69, 9.17) is 5.73 Å². The first-order valence-electron chi connectivity index (χ1n) is 7.45. The van der Waals surface area contributed by atoms with Crippen molar-refractivity contribution in [2.45, 2.75) is 71.9 Å². The van der Waals surface area contributed by atoms with Crippen molar-refractivity contribution in [1.29, 1.82) is 0 Å². The molecular formula is C15H30N2O. The second-order valence-corrected chi connectivity index (χ2v) is 6.52. The summed E-state index contributed by atoms with van der Waals surface area (Å²) in [7, 11) is 0. The van der Waals surface area contributed by atoms with Gasteiger partial charge in [-0.25, -0.2) is 0 Å². The maximum Gasteiger partial charge on any atom is 0.223 e. The molecule has 1 aliphatic rings. The quantitative estimate of drug-likeness (QED) is 0.820. The standard InChI is InChI=1S/C15H30N2O/c1-11(2)10-17(12(3)4)15(18)9-13-5-7-14(16)8-6-13/h11-14H,5-10,16H2,1-4H3. The van der Waals surface area contributed by atoms with Gasteiger partial charge in [0, 0.05) is 25.0 Å². The van der Waals surface area contributed by atoms with Crippen molar-refractivity contribution < 1.29 is 4.79 Å². The van der Waals surface area contributed by atoms with Gasteiger partial charge in [-0.1, -0.05) is 13.8 Å². The van der Waals surface area contributed by atoms with Crippen LogP contribution >= 0.6 is 0 Å². The van der Waals surface area contributed by atoms with Gasteiger partial charge in [-0.3, -0.25) is 4.79 Å². The number of rotatable bonds is 5. The third-order valence-electron chi connectivity index (χ3n) is 3.86. The topological polar surface area (TPSA) is 46.3 Å². The van der Waals surface area contributed by atoms with E-state index in [0.717, 1.165) is 38.6 Å². The van der Waals surface area contributed by atoms with Gasteiger partial charge in [0.15, 0.2) is 0 Å². The minimum absolute atomic E-state index is 0.311. The first-order chi connectivity index (χ1) is 8.40. The zero-order chi connectivity index (χ0) is 13.7. The highest BCUT2D eigenvalue weighted by Gasteiger charge is 2.24. The van der Waals surface area contributed by atoms with Gasteiger partial charge < -0.3 is 10.6 Å². The largest absolute Gasteiger partial charge is 0.340 e. The van der Waals surface area contributed by atoms with Crippen LogP contribution in [0.25, 0.3) is 0 Å². The van der Waals surface area contributed by atoms with Crippen molar-refractivity contribution in [3.05, 3.63) is 0 Å². The molecule has 0 bridgehead atoms. The van der Waals surface area contributed by atoms with E-state index in [9.17, 15) is 4.79 Å². The van der Waals surface area contributed by atoms with Gasteiger partial charge in [-0.05, 0) is 51.4 Å². The molecule has 106 valence electrons. The molecule has 0 radical (unpaired) electrons. The van der Waals surface area contributed by atoms with Crippen molar-refractivity contribution in [1.82, 2.24) is 4.90 Å². The number of carbonyl (C=O) groups excluding carboxylic acids is 1. The summed E-state index contributed by atoms with van der Waals surface area (Å²) < 4.78 is 0. The third kappa shape index (κ3) is 4.97. The van der Waals surface area contributed by atoms with E-state index in [1.165, 1.54) is 0 Å². The molecule has 3 heteroatoms. The Balaban J connectivity index is 2.46. The molecule has 18 heavy (non-hydrogen) atoms. The molecule has 0 spiro atoms. The molecule has 2 N–H and O–H groups in total. The molecule has 1 aliphatic carbocycles. The Morgan fingerprint density at radius 1 is 1.17 bits per heavy atom. The molecule has 1 fully saturated rings. The van der Waals surface area contributed by atoms with Crippen molar-refractivity contribution in [2.24, 2.45) is 17.6 Å². The second-order valence-electron chi connectivity index (χ2n) is 6.52. The Bertz CT molecular complexity index is 255. The minimum atomic E-state index is 0.311. The summed E-state index contributed by atoms with van der Waals surface area (Å²) in [6.45, 7) is 9.43. The Hall–Kier alpha value is -0.570. The van der Waals surface area contributed by atoms with E-state index in [0.29, 0.717) is 29.8 Å². The van der Waals surface area contributed by atoms with Crippen LogP contribution in [0.3, 0.4) is 0 Å². The number of nitrogens with two attached hydrogens (primary N) is 1. The second kappa shape index (κ2) is 7.13. The van der Waals surface area contributed by atoms with Crippen LogP contribution in [0.1, 0.15) is 59.8 Å². The van der Waals surface area contributed by atoms with Crippen molar-refractivity contribution >= 4 is 5.91 Å². The van der Waals surface area contributed by atoms with Gasteiger partial charge >= 0.3 is 0 Å². The molecule has 1 rings (SSSR count). The van der Waals surface area contributed by atoms with Gasteiger partial charge in [0.25, 0.3) is 0 Å². The molecule has 0 atom stereocenters. The molecular weight excluding hydrogens is 224 g/mol. The molecule has 0 heterocycles. The molecule has 0 aromatic rings. The molecule has 0 saturated heterocycles. The van der Waals surface area contributed by atoms with Crippen molar-refractivity contribution in [2.75, 3.05) is 6.54 Å². The van der Waals surface area contributed by atoms with Crippen molar-refractivity contribution in [3.63, 3.8) is 0 Å². The SMILES string of the molecule is CC(C)CN(C(=O)CC1CCC(N)CC1)C(C)C. The fraction of sp³-hybridized carbons (Fsp3) is 0.933. The van der Waals surface area contributed by atoms with E-state index in [-0.39, 0.29) is 0 Å². The van der Waals surface area contributed by atoms with E-state index < -0.39 is 0 Å². The number of hydrogen-bond acceptors (Lipinski definition) is 2. The van der Waals surface area contributed by atoms with E-state index >= 15 is 0 Å². The van der Waals surface area contributed by atoms with Gasteiger partial charge in [-0.2, -0.15) is 0 Å². The summed E-state index contributed by atoms with van der Waals surface area (Å²) in [5.41, 5.74) is 5.91. The number of hydrogen-bond donors (Lipinski definition) is 1. The molecule has 1 amide bonds. The lowest BCUT2D eigenvalue weighted by Crippen LogP contribution is -2.40. The summed E-state index contributed by atoms with van der Waals surface area (Å²) >= 11 is 0. The van der Waals surface area contributed by atoms with Crippen LogP contribution in [0, 0.1) is 11.8 Å². The highest BCUT2D eigenvalue weighted by atomic mass is 16.2. The van der Waals surface area contributed by atoms with Crippen LogP contribution in [0.4, 0.5) is 0 Å². The molecule has 0 unspecified atom stereocenters. The van der Waals surface area contributed by atoms with Crippen LogP contribution in [-0.4, -0.2) is 29.4 Å². The predicted octanol–water partition coefficient (Wildman–Crippen LogP) is 2.79. The summed E-state index contributed by atoms with van der Waals surface area (Å²) in [5, 5.41) is 0. The Morgan fingerprint density at radius 2 is 1.72 bits per heavy atom. The minimum Gasteiger partial charge on any atom is -0.340 e. The predicted molar refractivity (Wildman–Crippen MR) is 76.2 cm³/mol. The fourth-order valence-electron chi connectivity index (χ4n) is 2.75. The zero-order valence-electron chi connectivity index (χ0n) is 12.5. The monoisotopic (exact) mass is 254 g/mol. The number of carbonyl (C=O) groups is 1. The maximum atomic E-state index is 12.4. The van der Waals surface area contributed by atoms with Crippen LogP contribution in [0.15, 0.2) is 0 Å². The molecule has 0 aromatic heterocycles.